The van der Waals surface area contributed by atoms with Gasteiger partial charge in [-0.3, -0.25) is 13.9 Å². The molecule has 0 aliphatic heterocycles. The van der Waals surface area contributed by atoms with Gasteiger partial charge in [0.25, 0.3) is 0 Å². The number of nitrogens with two attached hydrogens (primary N) is 1. The van der Waals surface area contributed by atoms with Gasteiger partial charge in [0.05, 0.1) is 11.4 Å². The molecule has 4 N–H and O–H groups in total. The molecule has 2 rings (SSSR count). The molecule has 2 aromatic carbocycles. The monoisotopic (exact) mass is 489 g/mol. The standard InChI is InChI=1S/C25H35N3O5S/c1-7-8-11-34(32,33)28(19-12-16(2)23(30)17(3)13-19)15-22(29)27-21-14-18(24(26)31)9-10-20(21)25(4,5)6/h9-10,12-14,30H,7-8,11,15H2,1-6H3,(H2,26,31)(H,27,29). The van der Waals surface area contributed by atoms with Crippen LogP contribution in [0.5, 0.6) is 5.75 Å². The number of amides is 2. The van der Waals surface area contributed by atoms with Crippen molar-refractivity contribution in [2.45, 2.75) is 59.8 Å². The molecular formula is C25H35N3O5S. The quantitative estimate of drug-likeness (QED) is 0.490. The molecule has 0 heterocycles. The lowest BCUT2D eigenvalue weighted by atomic mass is 9.85. The number of anilines is 2. The smallest absolute Gasteiger partial charge is 0.248 e. The summed E-state index contributed by atoms with van der Waals surface area (Å²) in [6.07, 6.45) is 1.13. The first-order valence-electron chi connectivity index (χ1n) is 11.2. The molecule has 0 atom stereocenters. The SMILES string of the molecule is CCCCS(=O)(=O)N(CC(=O)Nc1cc(C(N)=O)ccc1C(C)(C)C)c1cc(C)c(O)c(C)c1. The Balaban J connectivity index is 2.48. The summed E-state index contributed by atoms with van der Waals surface area (Å²) in [5.74, 6) is -1.22. The van der Waals surface area contributed by atoms with E-state index in [1.54, 1.807) is 38.1 Å². The summed E-state index contributed by atoms with van der Waals surface area (Å²) >= 11 is 0. The van der Waals surface area contributed by atoms with Crippen LogP contribution in [0.25, 0.3) is 0 Å². The molecule has 2 aromatic rings. The van der Waals surface area contributed by atoms with Crippen molar-refractivity contribution in [2.24, 2.45) is 5.73 Å². The van der Waals surface area contributed by atoms with Crippen LogP contribution in [0.1, 0.15) is 67.6 Å². The van der Waals surface area contributed by atoms with E-state index in [1.165, 1.54) is 6.07 Å². The molecule has 8 nitrogen and oxygen atoms in total. The molecule has 2 amide bonds. The minimum absolute atomic E-state index is 0.0807. The number of nitrogens with zero attached hydrogens (tertiary/aromatic N) is 1. The Morgan fingerprint density at radius 1 is 1.09 bits per heavy atom. The zero-order valence-electron chi connectivity index (χ0n) is 20.7. The Morgan fingerprint density at radius 2 is 1.68 bits per heavy atom. The number of phenols is 1. The fraction of sp³-hybridized carbons (Fsp3) is 0.440. The highest BCUT2D eigenvalue weighted by atomic mass is 32.2. The van der Waals surface area contributed by atoms with E-state index in [9.17, 15) is 23.1 Å². The van der Waals surface area contributed by atoms with Crippen molar-refractivity contribution < 1.29 is 23.1 Å². The van der Waals surface area contributed by atoms with Crippen LogP contribution in [0.3, 0.4) is 0 Å². The van der Waals surface area contributed by atoms with E-state index in [-0.39, 0.29) is 22.5 Å². The van der Waals surface area contributed by atoms with Crippen LogP contribution in [0, 0.1) is 13.8 Å². The van der Waals surface area contributed by atoms with E-state index < -0.39 is 28.4 Å². The number of benzene rings is 2. The Bertz CT molecular complexity index is 1160. The van der Waals surface area contributed by atoms with Gasteiger partial charge in [-0.2, -0.15) is 0 Å². The average molecular weight is 490 g/mol. The molecule has 0 saturated heterocycles. The third-order valence-electron chi connectivity index (χ3n) is 5.53. The van der Waals surface area contributed by atoms with Crippen molar-refractivity contribution in [3.05, 3.63) is 52.6 Å². The number of hydrogen-bond donors (Lipinski definition) is 3. The predicted molar refractivity (Wildman–Crippen MR) is 136 cm³/mol. The number of nitrogens with one attached hydrogen (secondary N) is 1. The lowest BCUT2D eigenvalue weighted by molar-refractivity contribution is -0.114. The number of aromatic hydroxyl groups is 1. The summed E-state index contributed by atoms with van der Waals surface area (Å²) in [7, 11) is -3.81. The van der Waals surface area contributed by atoms with Gasteiger partial charge in [-0.25, -0.2) is 8.42 Å². The zero-order valence-corrected chi connectivity index (χ0v) is 21.5. The lowest BCUT2D eigenvalue weighted by Gasteiger charge is -2.27. The number of phenolic OH excluding ortho intramolecular Hbond substituents is 1. The molecule has 34 heavy (non-hydrogen) atoms. The van der Waals surface area contributed by atoms with Gasteiger partial charge in [0, 0.05) is 11.3 Å². The Kier molecular flexibility index (Phi) is 8.36. The maximum atomic E-state index is 13.2. The largest absolute Gasteiger partial charge is 0.507 e. The maximum absolute atomic E-state index is 13.2. The van der Waals surface area contributed by atoms with Crippen LogP contribution in [-0.4, -0.2) is 37.6 Å². The zero-order chi connectivity index (χ0) is 25.8. The van der Waals surface area contributed by atoms with Gasteiger partial charge in [0.1, 0.15) is 12.3 Å². The molecule has 186 valence electrons. The van der Waals surface area contributed by atoms with Crippen molar-refractivity contribution >= 4 is 33.2 Å². The third-order valence-corrected chi connectivity index (χ3v) is 7.34. The number of aryl methyl sites for hydroxylation is 2. The van der Waals surface area contributed by atoms with Gasteiger partial charge in [-0.1, -0.05) is 40.2 Å². The van der Waals surface area contributed by atoms with Gasteiger partial charge in [0.15, 0.2) is 0 Å². The average Bonchev–Trinajstić information content (AvgIpc) is 2.73. The van der Waals surface area contributed by atoms with E-state index in [2.05, 4.69) is 5.32 Å². The van der Waals surface area contributed by atoms with Gasteiger partial charge in [0.2, 0.25) is 21.8 Å². The van der Waals surface area contributed by atoms with E-state index in [1.807, 2.05) is 27.7 Å². The topological polar surface area (TPSA) is 130 Å². The van der Waals surface area contributed by atoms with Crippen LogP contribution in [-0.2, 0) is 20.2 Å². The Morgan fingerprint density at radius 3 is 2.18 bits per heavy atom. The van der Waals surface area contributed by atoms with Crippen LogP contribution >= 0.6 is 0 Å². The molecular weight excluding hydrogens is 454 g/mol. The predicted octanol–water partition coefficient (Wildman–Crippen LogP) is 3.98. The Labute approximate surface area is 202 Å². The second-order valence-corrected chi connectivity index (χ2v) is 11.5. The first-order valence-corrected chi connectivity index (χ1v) is 12.8. The number of primary amides is 1. The maximum Gasteiger partial charge on any atom is 0.248 e. The van der Waals surface area contributed by atoms with Gasteiger partial charge in [-0.15, -0.1) is 0 Å². The number of sulfonamides is 1. The van der Waals surface area contributed by atoms with E-state index in [0.717, 1.165) is 9.87 Å². The summed E-state index contributed by atoms with van der Waals surface area (Å²) < 4.78 is 27.4. The number of carbonyl (C=O) groups is 2. The minimum Gasteiger partial charge on any atom is -0.507 e. The second kappa shape index (κ2) is 10.5. The first kappa shape index (κ1) is 27.2. The van der Waals surface area contributed by atoms with E-state index in [0.29, 0.717) is 35.3 Å². The summed E-state index contributed by atoms with van der Waals surface area (Å²) in [5, 5.41) is 12.9. The van der Waals surface area contributed by atoms with Crippen molar-refractivity contribution in [3.63, 3.8) is 0 Å². The molecule has 0 radical (unpaired) electrons. The fourth-order valence-electron chi connectivity index (χ4n) is 3.64. The van der Waals surface area contributed by atoms with Gasteiger partial charge >= 0.3 is 0 Å². The summed E-state index contributed by atoms with van der Waals surface area (Å²) in [4.78, 5) is 24.8. The second-order valence-electron chi connectivity index (χ2n) is 9.53. The Hall–Kier alpha value is -3.07. The molecule has 9 heteroatoms. The first-order chi connectivity index (χ1) is 15.7. The highest BCUT2D eigenvalue weighted by Gasteiger charge is 2.27. The molecule has 0 fully saturated rings. The van der Waals surface area contributed by atoms with Crippen molar-refractivity contribution in [1.82, 2.24) is 0 Å². The molecule has 0 aliphatic rings. The molecule has 0 spiro atoms. The molecule has 0 aliphatic carbocycles. The highest BCUT2D eigenvalue weighted by Crippen LogP contribution is 2.32. The molecule has 0 aromatic heterocycles. The molecule has 0 unspecified atom stereocenters. The minimum atomic E-state index is -3.81. The van der Waals surface area contributed by atoms with E-state index in [4.69, 9.17) is 5.73 Å². The number of carbonyl (C=O) groups excluding carboxylic acids is 2. The van der Waals surface area contributed by atoms with E-state index >= 15 is 0 Å². The summed E-state index contributed by atoms with van der Waals surface area (Å²) in [5.41, 5.74) is 7.81. The third kappa shape index (κ3) is 6.50. The number of hydrogen-bond acceptors (Lipinski definition) is 5. The van der Waals surface area contributed by atoms with Crippen LogP contribution < -0.4 is 15.4 Å². The van der Waals surface area contributed by atoms with Crippen molar-refractivity contribution in [3.8, 4) is 5.75 Å². The van der Waals surface area contributed by atoms with Crippen LogP contribution in [0.15, 0.2) is 30.3 Å². The van der Waals surface area contributed by atoms with Gasteiger partial charge < -0.3 is 16.2 Å². The van der Waals surface area contributed by atoms with Gasteiger partial charge in [-0.05, 0) is 66.6 Å². The number of unbranched alkanes of at least 4 members (excludes halogenated alkanes) is 1. The molecule has 0 bridgehead atoms. The lowest BCUT2D eigenvalue weighted by Crippen LogP contribution is -2.39. The highest BCUT2D eigenvalue weighted by molar-refractivity contribution is 7.92. The van der Waals surface area contributed by atoms with Crippen LogP contribution in [0.4, 0.5) is 11.4 Å². The van der Waals surface area contributed by atoms with Crippen LogP contribution in [0.2, 0.25) is 0 Å². The number of rotatable bonds is 9. The van der Waals surface area contributed by atoms with Crippen molar-refractivity contribution in [1.29, 1.82) is 0 Å². The fourth-order valence-corrected chi connectivity index (χ4v) is 5.25. The normalized spacial score (nSPS) is 11.8. The summed E-state index contributed by atoms with van der Waals surface area (Å²) in [6, 6.07) is 7.94. The molecule has 0 saturated carbocycles. The summed E-state index contributed by atoms with van der Waals surface area (Å²) in [6.45, 7) is 10.7. The van der Waals surface area contributed by atoms with Crippen molar-refractivity contribution in [2.75, 3.05) is 21.9 Å².